The van der Waals surface area contributed by atoms with Crippen LogP contribution in [0.15, 0.2) is 22.2 Å². The maximum atomic E-state index is 12.4. The lowest BCUT2D eigenvalue weighted by atomic mass is 10.1. The quantitative estimate of drug-likeness (QED) is 0.418. The molecule has 1 aromatic carbocycles. The standard InChI is InChI=1S/C16H14BrN3O4S/c1-19-14(21)10(15(22)20(2)16(19)25)6-9-7-12(23-3)13(8-11(9)17)24-5-4-18/h6-8H,5H2,1-3H3. The zero-order valence-corrected chi connectivity index (χ0v) is 16.1. The van der Waals surface area contributed by atoms with Crippen LogP contribution in [0.25, 0.3) is 6.08 Å². The van der Waals surface area contributed by atoms with E-state index in [0.717, 1.165) is 0 Å². The van der Waals surface area contributed by atoms with Gasteiger partial charge in [0.15, 0.2) is 23.2 Å². The highest BCUT2D eigenvalue weighted by atomic mass is 79.9. The molecule has 1 heterocycles. The number of hydrogen-bond donors (Lipinski definition) is 0. The van der Waals surface area contributed by atoms with Gasteiger partial charge in [-0.15, -0.1) is 0 Å². The van der Waals surface area contributed by atoms with Gasteiger partial charge in [-0.05, 0) is 36.0 Å². The van der Waals surface area contributed by atoms with Crippen molar-refractivity contribution in [1.29, 1.82) is 5.26 Å². The monoisotopic (exact) mass is 423 g/mol. The molecule has 0 unspecified atom stereocenters. The molecular formula is C16H14BrN3O4S. The summed E-state index contributed by atoms with van der Waals surface area (Å²) >= 11 is 8.43. The lowest BCUT2D eigenvalue weighted by molar-refractivity contribution is -0.132. The first-order chi connectivity index (χ1) is 11.8. The number of thiocarbonyl (C=S) groups is 1. The highest BCUT2D eigenvalue weighted by Gasteiger charge is 2.35. The van der Waals surface area contributed by atoms with Gasteiger partial charge in [0.1, 0.15) is 11.6 Å². The maximum absolute atomic E-state index is 12.4. The number of methoxy groups -OCH3 is 1. The molecule has 9 heteroatoms. The van der Waals surface area contributed by atoms with E-state index in [1.807, 2.05) is 6.07 Å². The molecule has 0 spiro atoms. The van der Waals surface area contributed by atoms with Crippen LogP contribution in [-0.2, 0) is 9.59 Å². The van der Waals surface area contributed by atoms with Gasteiger partial charge in [-0.25, -0.2) is 0 Å². The van der Waals surface area contributed by atoms with E-state index in [1.165, 1.54) is 37.1 Å². The lowest BCUT2D eigenvalue weighted by Gasteiger charge is -2.31. The average molecular weight is 424 g/mol. The molecule has 7 nitrogen and oxygen atoms in total. The fraction of sp³-hybridized carbons (Fsp3) is 0.250. The van der Waals surface area contributed by atoms with Gasteiger partial charge in [0.2, 0.25) is 0 Å². The minimum absolute atomic E-state index is 0.0213. The number of carbonyl (C=O) groups is 2. The highest BCUT2D eigenvalue weighted by molar-refractivity contribution is 9.10. The van der Waals surface area contributed by atoms with Crippen molar-refractivity contribution in [3.05, 3.63) is 27.7 Å². The molecule has 130 valence electrons. The van der Waals surface area contributed by atoms with Crippen LogP contribution in [0.5, 0.6) is 11.5 Å². The number of halogens is 1. The van der Waals surface area contributed by atoms with Gasteiger partial charge in [0.05, 0.1) is 7.11 Å². The van der Waals surface area contributed by atoms with E-state index in [-0.39, 0.29) is 17.3 Å². The van der Waals surface area contributed by atoms with Crippen molar-refractivity contribution >= 4 is 51.2 Å². The third kappa shape index (κ3) is 3.65. The van der Waals surface area contributed by atoms with Gasteiger partial charge in [0.25, 0.3) is 11.8 Å². The van der Waals surface area contributed by atoms with Gasteiger partial charge in [-0.3, -0.25) is 19.4 Å². The van der Waals surface area contributed by atoms with Crippen LogP contribution in [-0.4, -0.2) is 54.5 Å². The first-order valence-electron chi connectivity index (χ1n) is 7.00. The molecule has 1 aromatic rings. The Labute approximate surface area is 158 Å². The summed E-state index contributed by atoms with van der Waals surface area (Å²) in [5.74, 6) is -0.222. The Morgan fingerprint density at radius 3 is 2.36 bits per heavy atom. The second-order valence-corrected chi connectivity index (χ2v) is 6.26. The number of likely N-dealkylation sites (N-methyl/N-ethyl adjacent to an activating group) is 2. The average Bonchev–Trinajstić information content (AvgIpc) is 2.61. The zero-order chi connectivity index (χ0) is 18.7. The molecule has 0 saturated carbocycles. The van der Waals surface area contributed by atoms with E-state index in [4.69, 9.17) is 27.0 Å². The van der Waals surface area contributed by atoms with Crippen molar-refractivity contribution < 1.29 is 19.1 Å². The second-order valence-electron chi connectivity index (χ2n) is 5.04. The predicted molar refractivity (Wildman–Crippen MR) is 97.9 cm³/mol. The molecular weight excluding hydrogens is 410 g/mol. The molecule has 1 aliphatic rings. The summed E-state index contributed by atoms with van der Waals surface area (Å²) in [5, 5.41) is 8.77. The first-order valence-corrected chi connectivity index (χ1v) is 8.21. The van der Waals surface area contributed by atoms with Gasteiger partial charge in [-0.2, -0.15) is 5.26 Å². The van der Waals surface area contributed by atoms with Crippen LogP contribution in [0, 0.1) is 11.3 Å². The number of rotatable bonds is 4. The Hall–Kier alpha value is -2.44. The summed E-state index contributed by atoms with van der Waals surface area (Å²) in [7, 11) is 4.47. The summed E-state index contributed by atoms with van der Waals surface area (Å²) in [6.07, 6.45) is 1.46. The van der Waals surface area contributed by atoms with Gasteiger partial charge >= 0.3 is 0 Å². The van der Waals surface area contributed by atoms with Crippen LogP contribution in [0.3, 0.4) is 0 Å². The molecule has 1 saturated heterocycles. The van der Waals surface area contributed by atoms with E-state index < -0.39 is 11.8 Å². The number of carbonyl (C=O) groups excluding carboxylic acids is 2. The molecule has 1 aliphatic heterocycles. The Morgan fingerprint density at radius 2 is 1.84 bits per heavy atom. The third-order valence-electron chi connectivity index (χ3n) is 3.52. The van der Waals surface area contributed by atoms with Crippen molar-refractivity contribution in [1.82, 2.24) is 9.80 Å². The Bertz CT molecular complexity index is 805. The van der Waals surface area contributed by atoms with Crippen LogP contribution < -0.4 is 9.47 Å². The fourth-order valence-corrected chi connectivity index (χ4v) is 2.78. The number of ether oxygens (including phenoxy) is 2. The van der Waals surface area contributed by atoms with E-state index in [1.54, 1.807) is 12.1 Å². The number of amides is 2. The molecule has 25 heavy (non-hydrogen) atoms. The first kappa shape index (κ1) is 18.9. The van der Waals surface area contributed by atoms with Crippen molar-refractivity contribution in [2.75, 3.05) is 27.8 Å². The number of nitrogens with zero attached hydrogens (tertiary/aromatic N) is 3. The zero-order valence-electron chi connectivity index (χ0n) is 13.7. The number of hydrogen-bond acceptors (Lipinski definition) is 6. The van der Waals surface area contributed by atoms with Crippen LogP contribution in [0.1, 0.15) is 5.56 Å². The Morgan fingerprint density at radius 1 is 1.24 bits per heavy atom. The van der Waals surface area contributed by atoms with Gasteiger partial charge in [-0.1, -0.05) is 15.9 Å². The predicted octanol–water partition coefficient (Wildman–Crippen LogP) is 1.96. The SMILES string of the molecule is COc1cc(C=C2C(=O)N(C)C(=S)N(C)C2=O)c(Br)cc1OCC#N. The Balaban J connectivity index is 2.49. The summed E-state index contributed by atoms with van der Waals surface area (Å²) < 4.78 is 11.1. The largest absolute Gasteiger partial charge is 0.493 e. The fourth-order valence-electron chi connectivity index (χ4n) is 2.17. The molecule has 1 fully saturated rings. The summed E-state index contributed by atoms with van der Waals surface area (Å²) in [5.41, 5.74) is 0.527. The lowest BCUT2D eigenvalue weighted by Crippen LogP contribution is -2.52. The van der Waals surface area contributed by atoms with Gasteiger partial charge < -0.3 is 9.47 Å². The van der Waals surface area contributed by atoms with Crippen LogP contribution in [0.2, 0.25) is 0 Å². The van der Waals surface area contributed by atoms with E-state index in [0.29, 0.717) is 21.5 Å². The van der Waals surface area contributed by atoms with Crippen LogP contribution >= 0.6 is 28.1 Å². The molecule has 2 amide bonds. The molecule has 0 aromatic heterocycles. The van der Waals surface area contributed by atoms with E-state index in [9.17, 15) is 9.59 Å². The molecule has 0 N–H and O–H groups in total. The molecule has 0 aliphatic carbocycles. The minimum Gasteiger partial charge on any atom is -0.493 e. The highest BCUT2D eigenvalue weighted by Crippen LogP contribution is 2.35. The number of nitriles is 1. The molecule has 0 radical (unpaired) electrons. The normalized spacial score (nSPS) is 14.5. The molecule has 2 rings (SSSR count). The minimum atomic E-state index is -0.483. The van der Waals surface area contributed by atoms with Crippen molar-refractivity contribution in [2.24, 2.45) is 0 Å². The second kappa shape index (κ2) is 7.63. The van der Waals surface area contributed by atoms with Gasteiger partial charge in [0, 0.05) is 18.6 Å². The maximum Gasteiger partial charge on any atom is 0.265 e. The summed E-state index contributed by atoms with van der Waals surface area (Å²) in [4.78, 5) is 27.2. The third-order valence-corrected chi connectivity index (χ3v) is 4.75. The van der Waals surface area contributed by atoms with Crippen molar-refractivity contribution in [2.45, 2.75) is 0 Å². The smallest absolute Gasteiger partial charge is 0.265 e. The summed E-state index contributed by atoms with van der Waals surface area (Å²) in [6, 6.07) is 5.09. The van der Waals surface area contributed by atoms with E-state index >= 15 is 0 Å². The van der Waals surface area contributed by atoms with Crippen LogP contribution in [0.4, 0.5) is 0 Å². The molecule has 0 atom stereocenters. The number of benzene rings is 1. The topological polar surface area (TPSA) is 82.9 Å². The van der Waals surface area contributed by atoms with E-state index in [2.05, 4.69) is 15.9 Å². The molecule has 0 bridgehead atoms. The van der Waals surface area contributed by atoms with Crippen molar-refractivity contribution in [3.63, 3.8) is 0 Å². The van der Waals surface area contributed by atoms with Crippen molar-refractivity contribution in [3.8, 4) is 17.6 Å². The summed E-state index contributed by atoms with van der Waals surface area (Å²) in [6.45, 7) is -0.132. The Kier molecular flexibility index (Phi) is 5.77.